The van der Waals surface area contributed by atoms with Crippen LogP contribution in [0.2, 0.25) is 15.1 Å². The highest BCUT2D eigenvalue weighted by Crippen LogP contribution is 2.34. The summed E-state index contributed by atoms with van der Waals surface area (Å²) in [6, 6.07) is 15.3. The molecule has 0 spiro atoms. The molecule has 3 aromatic rings. The molecule has 0 radical (unpaired) electrons. The van der Waals surface area contributed by atoms with Crippen LogP contribution in [0.25, 0.3) is 0 Å². The number of ether oxygens (including phenoxy) is 1. The fourth-order valence-corrected chi connectivity index (χ4v) is 3.16. The molecular formula is C21H15Cl3FNO. The third-order valence-electron chi connectivity index (χ3n) is 3.87. The average Bonchev–Trinajstić information content (AvgIpc) is 2.63. The van der Waals surface area contributed by atoms with Crippen molar-refractivity contribution in [2.75, 3.05) is 0 Å². The predicted octanol–water partition coefficient (Wildman–Crippen LogP) is 7.42. The highest BCUT2D eigenvalue weighted by atomic mass is 35.5. The van der Waals surface area contributed by atoms with Gasteiger partial charge in [-0.1, -0.05) is 59.1 Å². The van der Waals surface area contributed by atoms with Crippen molar-refractivity contribution >= 4 is 46.7 Å². The minimum absolute atomic E-state index is 0.0292. The number of aliphatic imine (C=N–C) groups is 1. The Morgan fingerprint density at radius 3 is 2.33 bits per heavy atom. The Hall–Kier alpha value is -2.07. The average molecular weight is 423 g/mol. The van der Waals surface area contributed by atoms with E-state index in [9.17, 15) is 4.39 Å². The lowest BCUT2D eigenvalue weighted by Gasteiger charge is -2.11. The molecule has 0 saturated heterocycles. The van der Waals surface area contributed by atoms with Crippen LogP contribution < -0.4 is 4.74 Å². The number of aryl methyl sites for hydroxylation is 1. The first-order chi connectivity index (χ1) is 12.9. The maximum absolute atomic E-state index is 13.7. The molecule has 0 N–H and O–H groups in total. The summed E-state index contributed by atoms with van der Waals surface area (Å²) < 4.78 is 19.3. The second-order valence-electron chi connectivity index (χ2n) is 5.89. The molecule has 0 atom stereocenters. The van der Waals surface area contributed by atoms with Crippen LogP contribution in [0.1, 0.15) is 16.7 Å². The molecule has 27 heavy (non-hydrogen) atoms. The maximum atomic E-state index is 13.7. The van der Waals surface area contributed by atoms with Gasteiger partial charge in [-0.15, -0.1) is 0 Å². The number of benzene rings is 3. The highest BCUT2D eigenvalue weighted by molar-refractivity contribution is 6.37. The van der Waals surface area contributed by atoms with E-state index in [-0.39, 0.29) is 12.4 Å². The Labute approximate surface area is 172 Å². The smallest absolute Gasteiger partial charge is 0.157 e. The van der Waals surface area contributed by atoms with E-state index in [1.54, 1.807) is 42.6 Å². The molecule has 0 fully saturated rings. The van der Waals surface area contributed by atoms with Crippen molar-refractivity contribution in [1.82, 2.24) is 0 Å². The van der Waals surface area contributed by atoms with Crippen molar-refractivity contribution in [3.05, 3.63) is 92.2 Å². The summed E-state index contributed by atoms with van der Waals surface area (Å²) in [6.07, 6.45) is 1.64. The first-order valence-electron chi connectivity index (χ1n) is 8.09. The van der Waals surface area contributed by atoms with E-state index in [1.165, 1.54) is 6.07 Å². The SMILES string of the molecule is Cc1ccc(N=Cc2cc(Cl)c(OCc3ccccc3F)c(Cl)c2)cc1Cl. The zero-order valence-electron chi connectivity index (χ0n) is 14.3. The van der Waals surface area contributed by atoms with E-state index in [1.807, 2.05) is 19.1 Å². The van der Waals surface area contributed by atoms with E-state index in [0.29, 0.717) is 31.9 Å². The third-order valence-corrected chi connectivity index (χ3v) is 4.84. The van der Waals surface area contributed by atoms with Crippen LogP contribution in [-0.4, -0.2) is 6.21 Å². The van der Waals surface area contributed by atoms with Gasteiger partial charge in [-0.2, -0.15) is 0 Å². The maximum Gasteiger partial charge on any atom is 0.157 e. The van der Waals surface area contributed by atoms with Crippen molar-refractivity contribution in [2.45, 2.75) is 13.5 Å². The van der Waals surface area contributed by atoms with Gasteiger partial charge in [-0.25, -0.2) is 4.39 Å². The molecule has 0 saturated carbocycles. The second kappa shape index (κ2) is 8.75. The molecule has 0 heterocycles. The third kappa shape index (κ3) is 5.01. The summed E-state index contributed by atoms with van der Waals surface area (Å²) in [4.78, 5) is 4.38. The molecule has 0 aliphatic carbocycles. The van der Waals surface area contributed by atoms with Crippen LogP contribution in [-0.2, 0) is 6.61 Å². The molecule has 0 aliphatic rings. The minimum Gasteiger partial charge on any atom is -0.486 e. The van der Waals surface area contributed by atoms with E-state index in [2.05, 4.69) is 4.99 Å². The predicted molar refractivity (Wildman–Crippen MR) is 111 cm³/mol. The summed E-state index contributed by atoms with van der Waals surface area (Å²) in [5.41, 5.74) is 2.84. The van der Waals surface area contributed by atoms with Gasteiger partial charge in [0.2, 0.25) is 0 Å². The van der Waals surface area contributed by atoms with Gasteiger partial charge in [0.15, 0.2) is 5.75 Å². The van der Waals surface area contributed by atoms with Crippen LogP contribution in [0.15, 0.2) is 59.6 Å². The van der Waals surface area contributed by atoms with Crippen molar-refractivity contribution < 1.29 is 9.13 Å². The molecule has 6 heteroatoms. The van der Waals surface area contributed by atoms with E-state index < -0.39 is 0 Å². The quantitative estimate of drug-likeness (QED) is 0.392. The molecule has 138 valence electrons. The summed E-state index contributed by atoms with van der Waals surface area (Å²) >= 11 is 18.7. The number of hydrogen-bond donors (Lipinski definition) is 0. The molecule has 3 aromatic carbocycles. The van der Waals surface area contributed by atoms with Crippen LogP contribution in [0, 0.1) is 12.7 Å². The fourth-order valence-electron chi connectivity index (χ4n) is 2.37. The monoisotopic (exact) mass is 421 g/mol. The Morgan fingerprint density at radius 2 is 1.67 bits per heavy atom. The topological polar surface area (TPSA) is 21.6 Å². The van der Waals surface area contributed by atoms with Crippen molar-refractivity contribution in [3.8, 4) is 5.75 Å². The van der Waals surface area contributed by atoms with Crippen LogP contribution in [0.3, 0.4) is 0 Å². The number of halogens is 4. The lowest BCUT2D eigenvalue weighted by atomic mass is 10.2. The van der Waals surface area contributed by atoms with Gasteiger partial charge in [0.1, 0.15) is 12.4 Å². The zero-order valence-corrected chi connectivity index (χ0v) is 16.6. The van der Waals surface area contributed by atoms with Crippen molar-refractivity contribution in [2.24, 2.45) is 4.99 Å². The molecule has 0 aliphatic heterocycles. The molecule has 3 rings (SSSR count). The standard InChI is InChI=1S/C21H15Cl3FNO/c1-13-6-7-16(10-17(13)22)26-11-14-8-18(23)21(19(24)9-14)27-12-15-4-2-3-5-20(15)25/h2-11H,12H2,1H3. The Balaban J connectivity index is 1.77. The molecule has 2 nitrogen and oxygen atoms in total. The largest absolute Gasteiger partial charge is 0.486 e. The Morgan fingerprint density at radius 1 is 0.963 bits per heavy atom. The number of rotatable bonds is 5. The number of nitrogens with zero attached hydrogens (tertiary/aromatic N) is 1. The molecule has 0 unspecified atom stereocenters. The van der Waals surface area contributed by atoms with Crippen LogP contribution in [0.5, 0.6) is 5.75 Å². The minimum atomic E-state index is -0.342. The van der Waals surface area contributed by atoms with Gasteiger partial charge >= 0.3 is 0 Å². The molecule has 0 bridgehead atoms. The zero-order chi connectivity index (χ0) is 19.4. The van der Waals surface area contributed by atoms with Gasteiger partial charge in [0.25, 0.3) is 0 Å². The molecule has 0 amide bonds. The first-order valence-corrected chi connectivity index (χ1v) is 9.23. The second-order valence-corrected chi connectivity index (χ2v) is 7.11. The summed E-state index contributed by atoms with van der Waals surface area (Å²) in [5.74, 6) is -0.0395. The van der Waals surface area contributed by atoms with E-state index in [4.69, 9.17) is 39.5 Å². The molecule has 0 aromatic heterocycles. The lowest BCUT2D eigenvalue weighted by molar-refractivity contribution is 0.300. The lowest BCUT2D eigenvalue weighted by Crippen LogP contribution is -1.99. The number of hydrogen-bond acceptors (Lipinski definition) is 2. The fraction of sp³-hybridized carbons (Fsp3) is 0.0952. The Bertz CT molecular complexity index is 981. The normalized spacial score (nSPS) is 11.1. The summed E-state index contributed by atoms with van der Waals surface area (Å²) in [7, 11) is 0. The Kier molecular flexibility index (Phi) is 6.38. The highest BCUT2D eigenvalue weighted by Gasteiger charge is 2.11. The van der Waals surface area contributed by atoms with Gasteiger partial charge in [0, 0.05) is 16.8 Å². The van der Waals surface area contributed by atoms with E-state index >= 15 is 0 Å². The summed E-state index contributed by atoms with van der Waals surface area (Å²) in [6.45, 7) is 1.96. The van der Waals surface area contributed by atoms with Crippen LogP contribution >= 0.6 is 34.8 Å². The van der Waals surface area contributed by atoms with E-state index in [0.717, 1.165) is 11.3 Å². The molecular weight excluding hydrogens is 408 g/mol. The van der Waals surface area contributed by atoms with Crippen LogP contribution in [0.4, 0.5) is 10.1 Å². The summed E-state index contributed by atoms with van der Waals surface area (Å²) in [5, 5.41) is 1.29. The van der Waals surface area contributed by atoms with Crippen molar-refractivity contribution in [3.63, 3.8) is 0 Å². The van der Waals surface area contributed by atoms with Gasteiger partial charge < -0.3 is 4.74 Å². The van der Waals surface area contributed by atoms with Gasteiger partial charge in [-0.05, 0) is 48.4 Å². The first kappa shape index (κ1) is 19.7. The van der Waals surface area contributed by atoms with Crippen molar-refractivity contribution in [1.29, 1.82) is 0 Å². The van der Waals surface area contributed by atoms with Gasteiger partial charge in [0.05, 0.1) is 15.7 Å². The van der Waals surface area contributed by atoms with Gasteiger partial charge in [-0.3, -0.25) is 4.99 Å².